The molecule has 4 nitrogen and oxygen atoms in total. The Morgan fingerprint density at radius 3 is 3.00 bits per heavy atom. The zero-order valence-electron chi connectivity index (χ0n) is 11.9. The normalized spacial score (nSPS) is 17.9. The van der Waals surface area contributed by atoms with Gasteiger partial charge in [0.1, 0.15) is 0 Å². The van der Waals surface area contributed by atoms with E-state index in [-0.39, 0.29) is 5.91 Å². The molecule has 1 aliphatic heterocycles. The van der Waals surface area contributed by atoms with E-state index in [1.807, 2.05) is 40.8 Å². The SMILES string of the molecule is CCn1ccnc1C(=O)N1CC(C)Cc2ccccc21. The summed E-state index contributed by atoms with van der Waals surface area (Å²) in [7, 11) is 0. The van der Waals surface area contributed by atoms with Gasteiger partial charge in [0, 0.05) is 31.2 Å². The number of fused-ring (bicyclic) bond motifs is 1. The number of anilines is 1. The van der Waals surface area contributed by atoms with Crippen molar-refractivity contribution in [1.29, 1.82) is 0 Å². The number of hydrogen-bond acceptors (Lipinski definition) is 2. The molecule has 2 heterocycles. The Morgan fingerprint density at radius 2 is 2.20 bits per heavy atom. The lowest BCUT2D eigenvalue weighted by atomic mass is 9.94. The van der Waals surface area contributed by atoms with Gasteiger partial charge in [-0.2, -0.15) is 0 Å². The van der Waals surface area contributed by atoms with Crippen molar-refractivity contribution in [2.24, 2.45) is 5.92 Å². The van der Waals surface area contributed by atoms with Crippen LogP contribution in [0.2, 0.25) is 0 Å². The average molecular weight is 269 g/mol. The van der Waals surface area contributed by atoms with Crippen LogP contribution in [0.4, 0.5) is 5.69 Å². The highest BCUT2D eigenvalue weighted by molar-refractivity contribution is 6.04. The summed E-state index contributed by atoms with van der Waals surface area (Å²) >= 11 is 0. The van der Waals surface area contributed by atoms with Crippen LogP contribution >= 0.6 is 0 Å². The highest BCUT2D eigenvalue weighted by Crippen LogP contribution is 2.30. The Bertz CT molecular complexity index is 632. The maximum Gasteiger partial charge on any atom is 0.294 e. The third-order valence-electron chi connectivity index (χ3n) is 3.84. The first-order valence-corrected chi connectivity index (χ1v) is 7.11. The molecule has 0 radical (unpaired) electrons. The Kier molecular flexibility index (Phi) is 3.30. The number of carbonyl (C=O) groups excluding carboxylic acids is 1. The standard InChI is InChI=1S/C16H19N3O/c1-3-18-9-8-17-15(18)16(20)19-11-12(2)10-13-6-4-5-7-14(13)19/h4-9,12H,3,10-11H2,1-2H3. The lowest BCUT2D eigenvalue weighted by Crippen LogP contribution is -2.40. The molecule has 3 rings (SSSR count). The molecule has 104 valence electrons. The van der Waals surface area contributed by atoms with Crippen molar-refractivity contribution in [2.45, 2.75) is 26.8 Å². The van der Waals surface area contributed by atoms with Crippen molar-refractivity contribution in [3.05, 3.63) is 48.0 Å². The van der Waals surface area contributed by atoms with Gasteiger partial charge in [0.05, 0.1) is 0 Å². The van der Waals surface area contributed by atoms with Gasteiger partial charge in [-0.05, 0) is 30.9 Å². The number of hydrogen-bond donors (Lipinski definition) is 0. The van der Waals surface area contributed by atoms with Crippen LogP contribution in [-0.2, 0) is 13.0 Å². The molecule has 20 heavy (non-hydrogen) atoms. The van der Waals surface area contributed by atoms with Crippen LogP contribution < -0.4 is 4.90 Å². The van der Waals surface area contributed by atoms with E-state index in [0.717, 1.165) is 25.2 Å². The summed E-state index contributed by atoms with van der Waals surface area (Å²) in [6.07, 6.45) is 4.57. The number of benzene rings is 1. The third kappa shape index (κ3) is 2.11. The first kappa shape index (κ1) is 12.9. The third-order valence-corrected chi connectivity index (χ3v) is 3.84. The minimum atomic E-state index is -0.00384. The molecule has 0 saturated carbocycles. The van der Waals surface area contributed by atoms with Crippen LogP contribution in [0.25, 0.3) is 0 Å². The van der Waals surface area contributed by atoms with Gasteiger partial charge in [0.2, 0.25) is 0 Å². The molecule has 0 bridgehead atoms. The van der Waals surface area contributed by atoms with Crippen LogP contribution in [0.5, 0.6) is 0 Å². The van der Waals surface area contributed by atoms with Gasteiger partial charge in [-0.25, -0.2) is 4.98 Å². The molecule has 4 heteroatoms. The predicted molar refractivity (Wildman–Crippen MR) is 78.9 cm³/mol. The Balaban J connectivity index is 2.00. The second kappa shape index (κ2) is 5.12. The Hall–Kier alpha value is -2.10. The fourth-order valence-electron chi connectivity index (χ4n) is 2.87. The predicted octanol–water partition coefficient (Wildman–Crippen LogP) is 2.74. The van der Waals surface area contributed by atoms with E-state index in [1.54, 1.807) is 6.20 Å². The molecule has 0 saturated heterocycles. The van der Waals surface area contributed by atoms with Crippen molar-refractivity contribution in [3.63, 3.8) is 0 Å². The van der Waals surface area contributed by atoms with Gasteiger partial charge in [0.25, 0.3) is 5.91 Å². The lowest BCUT2D eigenvalue weighted by molar-refractivity contribution is 0.0967. The number of amides is 1. The van der Waals surface area contributed by atoms with E-state index >= 15 is 0 Å². The molecule has 0 spiro atoms. The number of para-hydroxylation sites is 1. The smallest absolute Gasteiger partial charge is 0.294 e. The monoisotopic (exact) mass is 269 g/mol. The van der Waals surface area contributed by atoms with Gasteiger partial charge in [-0.3, -0.25) is 4.79 Å². The zero-order valence-corrected chi connectivity index (χ0v) is 11.9. The van der Waals surface area contributed by atoms with Crippen LogP contribution in [0.3, 0.4) is 0 Å². The summed E-state index contributed by atoms with van der Waals surface area (Å²) in [5.74, 6) is 0.992. The number of nitrogens with zero attached hydrogens (tertiary/aromatic N) is 3. The summed E-state index contributed by atoms with van der Waals surface area (Å²) in [6.45, 7) is 5.71. The maximum absolute atomic E-state index is 12.8. The number of carbonyl (C=O) groups is 1. The molecule has 1 unspecified atom stereocenters. The second-order valence-corrected chi connectivity index (χ2v) is 5.39. The van der Waals surface area contributed by atoms with Crippen LogP contribution in [0, 0.1) is 5.92 Å². The van der Waals surface area contributed by atoms with Crippen molar-refractivity contribution in [1.82, 2.24) is 9.55 Å². The summed E-state index contributed by atoms with van der Waals surface area (Å²) in [4.78, 5) is 18.9. The van der Waals surface area contributed by atoms with E-state index in [9.17, 15) is 4.79 Å². The Morgan fingerprint density at radius 1 is 1.40 bits per heavy atom. The van der Waals surface area contributed by atoms with E-state index in [1.165, 1.54) is 5.56 Å². The van der Waals surface area contributed by atoms with E-state index in [0.29, 0.717) is 11.7 Å². The molecule has 1 aromatic heterocycles. The van der Waals surface area contributed by atoms with Crippen molar-refractivity contribution in [3.8, 4) is 0 Å². The first-order valence-electron chi connectivity index (χ1n) is 7.11. The minimum absolute atomic E-state index is 0.00384. The highest BCUT2D eigenvalue weighted by atomic mass is 16.2. The van der Waals surface area contributed by atoms with Gasteiger partial charge in [0.15, 0.2) is 5.82 Å². The van der Waals surface area contributed by atoms with Crippen molar-refractivity contribution in [2.75, 3.05) is 11.4 Å². The van der Waals surface area contributed by atoms with Crippen LogP contribution in [-0.4, -0.2) is 22.0 Å². The average Bonchev–Trinajstić information content (AvgIpc) is 2.94. The number of rotatable bonds is 2. The van der Waals surface area contributed by atoms with Crippen LogP contribution in [0.1, 0.15) is 30.0 Å². The molecular weight excluding hydrogens is 250 g/mol. The van der Waals surface area contributed by atoms with Crippen molar-refractivity contribution < 1.29 is 4.79 Å². The summed E-state index contributed by atoms with van der Waals surface area (Å²) in [5, 5.41) is 0. The lowest BCUT2D eigenvalue weighted by Gasteiger charge is -2.33. The molecule has 0 N–H and O–H groups in total. The molecule has 2 aromatic rings. The number of aromatic nitrogens is 2. The zero-order chi connectivity index (χ0) is 14.1. The second-order valence-electron chi connectivity index (χ2n) is 5.39. The highest BCUT2D eigenvalue weighted by Gasteiger charge is 2.28. The summed E-state index contributed by atoms with van der Waals surface area (Å²) < 4.78 is 1.89. The maximum atomic E-state index is 12.8. The topological polar surface area (TPSA) is 38.1 Å². The Labute approximate surface area is 119 Å². The molecule has 0 aliphatic carbocycles. The summed E-state index contributed by atoms with van der Waals surface area (Å²) in [5.41, 5.74) is 2.27. The summed E-state index contributed by atoms with van der Waals surface area (Å²) in [6, 6.07) is 8.16. The largest absolute Gasteiger partial charge is 0.327 e. The molecule has 1 amide bonds. The van der Waals surface area contributed by atoms with E-state index < -0.39 is 0 Å². The van der Waals surface area contributed by atoms with Gasteiger partial charge in [-0.1, -0.05) is 25.1 Å². The van der Waals surface area contributed by atoms with Gasteiger partial charge in [-0.15, -0.1) is 0 Å². The molecule has 0 fully saturated rings. The number of imidazole rings is 1. The first-order chi connectivity index (χ1) is 9.70. The fourth-order valence-corrected chi connectivity index (χ4v) is 2.87. The molecule has 1 aliphatic rings. The van der Waals surface area contributed by atoms with E-state index in [4.69, 9.17) is 0 Å². The van der Waals surface area contributed by atoms with Gasteiger partial charge >= 0.3 is 0 Å². The fraction of sp³-hybridized carbons (Fsp3) is 0.375. The van der Waals surface area contributed by atoms with Gasteiger partial charge < -0.3 is 9.47 Å². The molecule has 1 aromatic carbocycles. The number of aryl methyl sites for hydroxylation is 1. The quantitative estimate of drug-likeness (QED) is 0.840. The van der Waals surface area contributed by atoms with E-state index in [2.05, 4.69) is 18.0 Å². The van der Waals surface area contributed by atoms with Crippen LogP contribution in [0.15, 0.2) is 36.7 Å². The van der Waals surface area contributed by atoms with Crippen molar-refractivity contribution >= 4 is 11.6 Å². The minimum Gasteiger partial charge on any atom is -0.327 e. The molecular formula is C16H19N3O. The molecule has 1 atom stereocenters.